The van der Waals surface area contributed by atoms with Crippen LogP contribution >= 0.6 is 11.3 Å². The number of nitrogens with one attached hydrogen (secondary N) is 1. The highest BCUT2D eigenvalue weighted by Crippen LogP contribution is 2.29. The van der Waals surface area contributed by atoms with Gasteiger partial charge in [-0.3, -0.25) is 0 Å². The minimum atomic E-state index is 0.704. The molecule has 1 fully saturated rings. The summed E-state index contributed by atoms with van der Waals surface area (Å²) in [5.41, 5.74) is 0. The largest absolute Gasteiger partial charge is 0.469 e. The molecule has 1 aromatic rings. The summed E-state index contributed by atoms with van der Waals surface area (Å²) in [6, 6.07) is 0. The summed E-state index contributed by atoms with van der Waals surface area (Å²) >= 11 is 1.56. The van der Waals surface area contributed by atoms with Crippen LogP contribution in [0, 0.1) is 11.8 Å². The lowest BCUT2D eigenvalue weighted by atomic mass is 9.83. The van der Waals surface area contributed by atoms with Crippen LogP contribution in [0.25, 0.3) is 0 Å². The molecule has 0 spiro atoms. The van der Waals surface area contributed by atoms with Crippen molar-refractivity contribution in [2.45, 2.75) is 46.1 Å². The van der Waals surface area contributed by atoms with E-state index in [1.54, 1.807) is 11.3 Å². The fourth-order valence-corrected chi connectivity index (χ4v) is 3.17. The van der Waals surface area contributed by atoms with Crippen LogP contribution in [-0.4, -0.2) is 23.3 Å². The van der Waals surface area contributed by atoms with E-state index in [1.807, 2.05) is 0 Å². The Hall–Kier alpha value is -0.680. The highest BCUT2D eigenvalue weighted by atomic mass is 32.1. The molecule has 0 aromatic carbocycles. The molecule has 102 valence electrons. The van der Waals surface area contributed by atoms with E-state index < -0.39 is 0 Å². The molecule has 2 unspecified atom stereocenters. The number of hydrogen-bond donors (Lipinski definition) is 1. The summed E-state index contributed by atoms with van der Waals surface area (Å²) in [4.78, 5) is 0. The zero-order valence-electron chi connectivity index (χ0n) is 11.3. The number of hydrogen-bond acceptors (Lipinski definition) is 5. The molecule has 1 saturated carbocycles. The quantitative estimate of drug-likeness (QED) is 0.862. The molecule has 0 radical (unpaired) electrons. The highest BCUT2D eigenvalue weighted by Gasteiger charge is 2.19. The lowest BCUT2D eigenvalue weighted by Crippen LogP contribution is -2.19. The third kappa shape index (κ3) is 4.21. The molecule has 2 rings (SSSR count). The van der Waals surface area contributed by atoms with E-state index in [9.17, 15) is 0 Å². The van der Waals surface area contributed by atoms with E-state index in [1.165, 1.54) is 25.7 Å². The Morgan fingerprint density at radius 2 is 2.28 bits per heavy atom. The van der Waals surface area contributed by atoms with Crippen LogP contribution in [0.4, 0.5) is 0 Å². The van der Waals surface area contributed by atoms with E-state index >= 15 is 0 Å². The monoisotopic (exact) mass is 269 g/mol. The molecule has 1 aliphatic carbocycles. The second-order valence-electron chi connectivity index (χ2n) is 5.19. The summed E-state index contributed by atoms with van der Waals surface area (Å²) in [6.45, 7) is 6.97. The normalized spacial score (nSPS) is 24.1. The van der Waals surface area contributed by atoms with Crippen molar-refractivity contribution in [1.29, 1.82) is 0 Å². The molecule has 0 bridgehead atoms. The Morgan fingerprint density at radius 3 is 3.06 bits per heavy atom. The summed E-state index contributed by atoms with van der Waals surface area (Å²) < 4.78 is 5.77. The van der Waals surface area contributed by atoms with Crippen molar-refractivity contribution in [2.75, 3.05) is 13.2 Å². The first-order valence-electron chi connectivity index (χ1n) is 6.93. The average molecular weight is 269 g/mol. The Morgan fingerprint density at radius 1 is 1.39 bits per heavy atom. The first-order valence-corrected chi connectivity index (χ1v) is 7.75. The van der Waals surface area contributed by atoms with Gasteiger partial charge in [-0.05, 0) is 31.2 Å². The molecule has 1 aromatic heterocycles. The zero-order chi connectivity index (χ0) is 12.8. The number of aromatic nitrogens is 2. The maximum atomic E-state index is 5.77. The lowest BCUT2D eigenvalue weighted by Gasteiger charge is -2.25. The maximum absolute atomic E-state index is 5.77. The van der Waals surface area contributed by atoms with Crippen molar-refractivity contribution in [1.82, 2.24) is 15.5 Å². The topological polar surface area (TPSA) is 47.0 Å². The van der Waals surface area contributed by atoms with Gasteiger partial charge in [0.2, 0.25) is 0 Å². The van der Waals surface area contributed by atoms with Crippen LogP contribution in [-0.2, 0) is 6.54 Å². The van der Waals surface area contributed by atoms with E-state index in [2.05, 4.69) is 29.4 Å². The Bertz CT molecular complexity index is 356. The number of rotatable bonds is 6. The Balaban J connectivity index is 1.74. The first kappa shape index (κ1) is 13.7. The number of ether oxygens (including phenoxy) is 1. The summed E-state index contributed by atoms with van der Waals surface area (Å²) in [7, 11) is 0. The number of nitrogens with zero attached hydrogens (tertiary/aromatic N) is 2. The summed E-state index contributed by atoms with van der Waals surface area (Å²) in [6.07, 6.45) is 5.32. The van der Waals surface area contributed by atoms with Gasteiger partial charge in [-0.25, -0.2) is 0 Å². The van der Waals surface area contributed by atoms with Gasteiger partial charge in [0.25, 0.3) is 5.19 Å². The fraction of sp³-hybridized carbons (Fsp3) is 0.846. The van der Waals surface area contributed by atoms with Crippen LogP contribution in [0.5, 0.6) is 5.19 Å². The third-order valence-electron chi connectivity index (χ3n) is 3.46. The Labute approximate surface area is 113 Å². The third-order valence-corrected chi connectivity index (χ3v) is 4.30. The van der Waals surface area contributed by atoms with E-state index in [0.29, 0.717) is 5.92 Å². The predicted molar refractivity (Wildman–Crippen MR) is 73.9 cm³/mol. The molecule has 1 N–H and O–H groups in total. The van der Waals surface area contributed by atoms with Crippen molar-refractivity contribution in [2.24, 2.45) is 11.8 Å². The van der Waals surface area contributed by atoms with E-state index in [4.69, 9.17) is 4.74 Å². The minimum absolute atomic E-state index is 0.704. The molecule has 5 heteroatoms. The van der Waals surface area contributed by atoms with Crippen LogP contribution < -0.4 is 10.1 Å². The van der Waals surface area contributed by atoms with Crippen molar-refractivity contribution in [3.05, 3.63) is 5.01 Å². The van der Waals surface area contributed by atoms with Crippen LogP contribution in [0.1, 0.15) is 44.5 Å². The van der Waals surface area contributed by atoms with Crippen LogP contribution in [0.2, 0.25) is 0 Å². The molecule has 1 aliphatic rings. The van der Waals surface area contributed by atoms with Crippen molar-refractivity contribution < 1.29 is 4.74 Å². The van der Waals surface area contributed by atoms with Gasteiger partial charge in [0.05, 0.1) is 6.61 Å². The molecular formula is C13H23N3OS. The molecule has 1 heterocycles. The van der Waals surface area contributed by atoms with E-state index in [0.717, 1.165) is 35.8 Å². The SMILES string of the molecule is CCNCc1nnc(OCC2CCCC(C)C2)s1. The average Bonchev–Trinajstić information content (AvgIpc) is 2.82. The van der Waals surface area contributed by atoms with Gasteiger partial charge in [0.1, 0.15) is 5.01 Å². The van der Waals surface area contributed by atoms with Gasteiger partial charge in [0.15, 0.2) is 0 Å². The van der Waals surface area contributed by atoms with Crippen LogP contribution in [0.15, 0.2) is 0 Å². The summed E-state index contributed by atoms with van der Waals surface area (Å²) in [5, 5.41) is 13.2. The van der Waals surface area contributed by atoms with E-state index in [-0.39, 0.29) is 0 Å². The fourth-order valence-electron chi connectivity index (χ4n) is 2.50. The second-order valence-corrected chi connectivity index (χ2v) is 6.22. The second kappa shape index (κ2) is 7.04. The van der Waals surface area contributed by atoms with Crippen molar-refractivity contribution >= 4 is 11.3 Å². The summed E-state index contributed by atoms with van der Waals surface area (Å²) in [5.74, 6) is 1.56. The molecule has 4 nitrogen and oxygen atoms in total. The first-order chi connectivity index (χ1) is 8.78. The molecular weight excluding hydrogens is 246 g/mol. The van der Waals surface area contributed by atoms with Gasteiger partial charge in [-0.1, -0.05) is 38.0 Å². The standard InChI is InChI=1S/C13H23N3OS/c1-3-14-8-12-15-16-13(18-12)17-9-11-6-4-5-10(2)7-11/h10-11,14H,3-9H2,1-2H3. The van der Waals surface area contributed by atoms with Gasteiger partial charge >= 0.3 is 0 Å². The van der Waals surface area contributed by atoms with Gasteiger partial charge in [-0.2, -0.15) is 0 Å². The zero-order valence-corrected chi connectivity index (χ0v) is 12.1. The highest BCUT2D eigenvalue weighted by molar-refractivity contribution is 7.13. The molecule has 2 atom stereocenters. The molecule has 0 saturated heterocycles. The maximum Gasteiger partial charge on any atom is 0.294 e. The van der Waals surface area contributed by atoms with Crippen molar-refractivity contribution in [3.63, 3.8) is 0 Å². The predicted octanol–water partition coefficient (Wildman–Crippen LogP) is 2.85. The minimum Gasteiger partial charge on any atom is -0.469 e. The van der Waals surface area contributed by atoms with Crippen molar-refractivity contribution in [3.8, 4) is 5.19 Å². The van der Waals surface area contributed by atoms with Gasteiger partial charge < -0.3 is 10.1 Å². The van der Waals surface area contributed by atoms with Gasteiger partial charge in [-0.15, -0.1) is 10.2 Å². The lowest BCUT2D eigenvalue weighted by molar-refractivity contribution is 0.181. The Kier molecular flexibility index (Phi) is 5.38. The smallest absolute Gasteiger partial charge is 0.294 e. The van der Waals surface area contributed by atoms with Crippen LogP contribution in [0.3, 0.4) is 0 Å². The molecule has 0 aliphatic heterocycles. The molecule has 0 amide bonds. The molecule has 18 heavy (non-hydrogen) atoms. The van der Waals surface area contributed by atoms with Gasteiger partial charge in [0, 0.05) is 6.54 Å².